The summed E-state index contributed by atoms with van der Waals surface area (Å²) in [6.07, 6.45) is -0.796. The Morgan fingerprint density at radius 1 is 1.28 bits per heavy atom. The van der Waals surface area contributed by atoms with Crippen molar-refractivity contribution < 1.29 is 18.0 Å². The number of nitrogens with zero attached hydrogens (tertiary/aromatic N) is 2. The number of fused-ring (bicyclic) bond motifs is 1. The van der Waals surface area contributed by atoms with E-state index in [1.54, 1.807) is 63.4 Å². The summed E-state index contributed by atoms with van der Waals surface area (Å²) < 4.78 is 42.0. The largest absolute Gasteiger partial charge is 0.405 e. The molecular weight excluding hydrogens is 443 g/mol. The second-order valence-electron chi connectivity index (χ2n) is 6.05. The summed E-state index contributed by atoms with van der Waals surface area (Å²) in [7, 11) is 3.33. The predicted octanol–water partition coefficient (Wildman–Crippen LogP) is 5.23. The number of carbonyl (C=O) groups is 1. The fourth-order valence-electron chi connectivity index (χ4n) is 2.74. The van der Waals surface area contributed by atoms with Crippen LogP contribution in [0.3, 0.4) is 0 Å². The number of imidazole rings is 1. The molecule has 1 atom stereocenters. The molecule has 2 amide bonds. The fourth-order valence-corrected chi connectivity index (χ4v) is 6.55. The monoisotopic (exact) mass is 457 g/mol. The van der Waals surface area contributed by atoms with E-state index in [9.17, 15) is 18.0 Å². The lowest BCUT2D eigenvalue weighted by Gasteiger charge is -2.11. The smallest absolute Gasteiger partial charge is 0.329 e. The van der Waals surface area contributed by atoms with Gasteiger partial charge in [-0.25, -0.2) is 9.78 Å². The number of anilines is 1. The molecule has 1 saturated heterocycles. The van der Waals surface area contributed by atoms with E-state index in [0.29, 0.717) is 5.69 Å². The van der Waals surface area contributed by atoms with Gasteiger partial charge in [0.25, 0.3) is 0 Å². The molecule has 4 rings (SSSR count). The van der Waals surface area contributed by atoms with Crippen molar-refractivity contribution in [3.8, 4) is 11.3 Å². The van der Waals surface area contributed by atoms with Gasteiger partial charge in [-0.2, -0.15) is 17.3 Å². The quantitative estimate of drug-likeness (QED) is 0.368. The number of urea groups is 1. The highest BCUT2D eigenvalue weighted by molar-refractivity contribution is 8.81. The zero-order valence-corrected chi connectivity index (χ0v) is 17.0. The number of carbonyl (C=O) groups excluding carboxylic acids is 1. The second-order valence-corrected chi connectivity index (χ2v) is 9.63. The van der Waals surface area contributed by atoms with Crippen LogP contribution in [0.25, 0.3) is 16.9 Å². The molecule has 2 aromatic heterocycles. The number of alkyl halides is 3. The molecule has 0 aliphatic carbocycles. The number of hydrogen-bond acceptors (Lipinski definition) is 6. The standard InChI is InChI=1S/C17H14F3N5OS3/c18-17(19,20)9-22-16(26)23-12-3-1-2-10(6-12)13-8-21-14-7-11(4-5-25(13)14)15-27-24-29-28-15/h1-8,15,24H,9H2,(H2,22,23,26). The molecule has 6 nitrogen and oxygen atoms in total. The van der Waals surface area contributed by atoms with Crippen LogP contribution in [0.1, 0.15) is 10.1 Å². The number of halogens is 3. The Labute approximate surface area is 176 Å². The molecule has 1 aliphatic heterocycles. The van der Waals surface area contributed by atoms with Crippen molar-refractivity contribution in [3.63, 3.8) is 0 Å². The Morgan fingerprint density at radius 2 is 2.14 bits per heavy atom. The second kappa shape index (κ2) is 8.38. The van der Waals surface area contributed by atoms with E-state index in [-0.39, 0.29) is 4.58 Å². The van der Waals surface area contributed by atoms with Gasteiger partial charge in [0.1, 0.15) is 16.8 Å². The van der Waals surface area contributed by atoms with E-state index in [0.717, 1.165) is 22.5 Å². The van der Waals surface area contributed by atoms with Gasteiger partial charge < -0.3 is 10.6 Å². The molecule has 152 valence electrons. The van der Waals surface area contributed by atoms with Crippen LogP contribution in [0.2, 0.25) is 0 Å². The van der Waals surface area contributed by atoms with Crippen LogP contribution >= 0.6 is 33.7 Å². The average molecular weight is 458 g/mol. The summed E-state index contributed by atoms with van der Waals surface area (Å²) in [5.41, 5.74) is 3.91. The topological polar surface area (TPSA) is 70.5 Å². The lowest BCUT2D eigenvalue weighted by atomic mass is 10.1. The molecule has 0 bridgehead atoms. The van der Waals surface area contributed by atoms with Gasteiger partial charge in [-0.05, 0) is 29.8 Å². The Bertz CT molecular complexity index is 1040. The first kappa shape index (κ1) is 20.3. The third-order valence-electron chi connectivity index (χ3n) is 4.00. The molecule has 3 heterocycles. The van der Waals surface area contributed by atoms with Crippen LogP contribution < -0.4 is 14.8 Å². The zero-order valence-electron chi connectivity index (χ0n) is 14.6. The number of nitrogens with one attached hydrogen (secondary N) is 3. The molecule has 1 aromatic carbocycles. The number of aromatic nitrogens is 2. The summed E-state index contributed by atoms with van der Waals surface area (Å²) in [6, 6.07) is 10.00. The third kappa shape index (κ3) is 4.94. The van der Waals surface area contributed by atoms with Crippen molar-refractivity contribution in [3.05, 3.63) is 54.4 Å². The van der Waals surface area contributed by atoms with Crippen LogP contribution in [-0.2, 0) is 0 Å². The van der Waals surface area contributed by atoms with E-state index < -0.39 is 18.8 Å². The first-order valence-corrected chi connectivity index (χ1v) is 11.4. The van der Waals surface area contributed by atoms with Gasteiger partial charge in [-0.1, -0.05) is 34.9 Å². The first-order valence-electron chi connectivity index (χ1n) is 8.31. The van der Waals surface area contributed by atoms with Crippen LogP contribution in [0.4, 0.5) is 23.7 Å². The molecule has 12 heteroatoms. The summed E-state index contributed by atoms with van der Waals surface area (Å²) in [5, 5.41) is 4.20. The Balaban J connectivity index is 1.53. The van der Waals surface area contributed by atoms with E-state index in [4.69, 9.17) is 0 Å². The summed E-state index contributed by atoms with van der Waals surface area (Å²) >= 11 is 1.64. The molecule has 0 radical (unpaired) electrons. The maximum Gasteiger partial charge on any atom is 0.405 e. The summed E-state index contributed by atoms with van der Waals surface area (Å²) in [6.45, 7) is -1.39. The van der Waals surface area contributed by atoms with Crippen molar-refractivity contribution in [2.24, 2.45) is 0 Å². The number of benzene rings is 1. The molecule has 3 N–H and O–H groups in total. The summed E-state index contributed by atoms with van der Waals surface area (Å²) in [5.74, 6) is 0. The Kier molecular flexibility index (Phi) is 5.86. The number of pyridine rings is 1. The Morgan fingerprint density at radius 3 is 2.90 bits per heavy atom. The molecule has 0 saturated carbocycles. The molecule has 3 aromatic rings. The van der Waals surface area contributed by atoms with Crippen molar-refractivity contribution in [2.45, 2.75) is 10.8 Å². The molecule has 0 spiro atoms. The minimum Gasteiger partial charge on any atom is -0.329 e. The number of rotatable bonds is 4. The van der Waals surface area contributed by atoms with Crippen molar-refractivity contribution >= 4 is 51.1 Å². The number of hydrogen-bond donors (Lipinski definition) is 3. The van der Waals surface area contributed by atoms with Gasteiger partial charge in [0.15, 0.2) is 0 Å². The maximum absolute atomic E-state index is 12.2. The van der Waals surface area contributed by atoms with Gasteiger partial charge in [0.05, 0.1) is 11.9 Å². The maximum atomic E-state index is 12.2. The fraction of sp³-hybridized carbons (Fsp3) is 0.176. The number of amides is 2. The van der Waals surface area contributed by atoms with E-state index in [1.165, 1.54) is 0 Å². The highest BCUT2D eigenvalue weighted by atomic mass is 33.1. The zero-order chi connectivity index (χ0) is 20.4. The lowest BCUT2D eigenvalue weighted by Crippen LogP contribution is -2.36. The van der Waals surface area contributed by atoms with E-state index >= 15 is 0 Å². The average Bonchev–Trinajstić information content (AvgIpc) is 3.35. The highest BCUT2D eigenvalue weighted by Gasteiger charge is 2.27. The van der Waals surface area contributed by atoms with Crippen molar-refractivity contribution in [2.75, 3.05) is 11.9 Å². The van der Waals surface area contributed by atoms with Gasteiger partial charge in [-0.15, -0.1) is 0 Å². The predicted molar refractivity (Wildman–Crippen MR) is 112 cm³/mol. The third-order valence-corrected chi connectivity index (χ3v) is 8.11. The van der Waals surface area contributed by atoms with Gasteiger partial charge in [0.2, 0.25) is 0 Å². The first-order chi connectivity index (χ1) is 13.9. The van der Waals surface area contributed by atoms with Crippen LogP contribution in [-0.4, -0.2) is 28.1 Å². The summed E-state index contributed by atoms with van der Waals surface area (Å²) in [4.78, 5) is 16.1. The lowest BCUT2D eigenvalue weighted by molar-refractivity contribution is -0.122. The van der Waals surface area contributed by atoms with Crippen LogP contribution in [0.15, 0.2) is 48.8 Å². The van der Waals surface area contributed by atoms with Gasteiger partial charge in [0, 0.05) is 28.4 Å². The molecule has 1 aliphatic rings. The van der Waals surface area contributed by atoms with Gasteiger partial charge >= 0.3 is 12.2 Å². The van der Waals surface area contributed by atoms with E-state index in [1.807, 2.05) is 28.8 Å². The SMILES string of the molecule is O=C(NCC(F)(F)F)Nc1cccc(-c2cnc3cc(C4SNSS4)ccn23)c1. The molecule has 1 fully saturated rings. The minimum absolute atomic E-state index is 0.285. The van der Waals surface area contributed by atoms with Crippen molar-refractivity contribution in [1.29, 1.82) is 0 Å². The van der Waals surface area contributed by atoms with E-state index in [2.05, 4.69) is 14.4 Å². The van der Waals surface area contributed by atoms with Crippen LogP contribution in [0.5, 0.6) is 0 Å². The normalized spacial score (nSPS) is 16.9. The molecular formula is C17H14F3N5OS3. The minimum atomic E-state index is -4.46. The molecule has 1 unspecified atom stereocenters. The highest BCUT2D eigenvalue weighted by Crippen LogP contribution is 2.51. The van der Waals surface area contributed by atoms with Crippen molar-refractivity contribution in [1.82, 2.24) is 18.8 Å². The van der Waals surface area contributed by atoms with Gasteiger partial charge in [-0.3, -0.25) is 4.40 Å². The Hall–Kier alpha value is -2.02. The van der Waals surface area contributed by atoms with Crippen LogP contribution in [0, 0.1) is 0 Å². The molecule has 29 heavy (non-hydrogen) atoms.